The van der Waals surface area contributed by atoms with Crippen LogP contribution in [0.15, 0.2) is 23.1 Å². The molecule has 2 nitrogen and oxygen atoms in total. The van der Waals surface area contributed by atoms with Crippen LogP contribution in [-0.4, -0.2) is 10.9 Å². The first-order valence-corrected chi connectivity index (χ1v) is 4.63. The Morgan fingerprint density at radius 3 is 2.92 bits per heavy atom. The van der Waals surface area contributed by atoms with Crippen molar-refractivity contribution in [1.82, 2.24) is 0 Å². The number of para-hydroxylation sites is 1. The molecule has 1 aromatic rings. The maximum absolute atomic E-state index is 9.48. The van der Waals surface area contributed by atoms with Crippen LogP contribution < -0.4 is 0 Å². The van der Waals surface area contributed by atoms with E-state index in [1.54, 1.807) is 12.1 Å². The summed E-state index contributed by atoms with van der Waals surface area (Å²) in [6.45, 7) is 2.00. The molecule has 0 aliphatic heterocycles. The van der Waals surface area contributed by atoms with E-state index >= 15 is 0 Å². The quantitative estimate of drug-likeness (QED) is 0.709. The molecule has 0 aliphatic rings. The number of nitriles is 1. The maximum Gasteiger partial charge on any atom is 0.146 e. The fourth-order valence-electron chi connectivity index (χ4n) is 0.885. The van der Waals surface area contributed by atoms with Crippen LogP contribution in [0.3, 0.4) is 0 Å². The van der Waals surface area contributed by atoms with Crippen molar-refractivity contribution in [3.63, 3.8) is 0 Å². The Labute approximate surface area is 75.8 Å². The highest BCUT2D eigenvalue weighted by Gasteiger charge is 2.04. The second-order valence-corrected chi connectivity index (χ2v) is 3.50. The topological polar surface area (TPSA) is 44.0 Å². The first-order chi connectivity index (χ1) is 5.79. The number of phenolic OH excluding ortho intramolecular Hbond substituents is 1. The summed E-state index contributed by atoms with van der Waals surface area (Å²) in [6.07, 6.45) is 0. The van der Waals surface area contributed by atoms with Gasteiger partial charge >= 0.3 is 0 Å². The molecule has 0 fully saturated rings. The van der Waals surface area contributed by atoms with Crippen LogP contribution in [0, 0.1) is 11.3 Å². The minimum absolute atomic E-state index is 0.104. The number of benzene rings is 1. The van der Waals surface area contributed by atoms with Crippen molar-refractivity contribution < 1.29 is 5.11 Å². The van der Waals surface area contributed by atoms with E-state index in [-0.39, 0.29) is 5.75 Å². The van der Waals surface area contributed by atoms with E-state index in [2.05, 4.69) is 0 Å². The largest absolute Gasteiger partial charge is 0.505 e. The minimum Gasteiger partial charge on any atom is -0.505 e. The van der Waals surface area contributed by atoms with Crippen molar-refractivity contribution in [2.45, 2.75) is 11.8 Å². The van der Waals surface area contributed by atoms with Crippen molar-refractivity contribution >= 4 is 11.8 Å². The summed E-state index contributed by atoms with van der Waals surface area (Å²) in [4.78, 5) is 0.775. The molecule has 0 radical (unpaired) electrons. The smallest absolute Gasteiger partial charge is 0.146 e. The average molecular weight is 179 g/mol. The summed E-state index contributed by atoms with van der Waals surface area (Å²) in [5, 5.41) is 18.1. The molecule has 0 amide bonds. The normalized spacial score (nSPS) is 9.33. The summed E-state index contributed by atoms with van der Waals surface area (Å²) in [5.41, 5.74) is 0.341. The molecule has 0 aromatic heterocycles. The van der Waals surface area contributed by atoms with Gasteiger partial charge in [0.25, 0.3) is 0 Å². The van der Waals surface area contributed by atoms with E-state index in [1.165, 1.54) is 11.8 Å². The van der Waals surface area contributed by atoms with Crippen LogP contribution in [0.25, 0.3) is 0 Å². The van der Waals surface area contributed by atoms with E-state index in [9.17, 15) is 5.11 Å². The van der Waals surface area contributed by atoms with Gasteiger partial charge in [0.15, 0.2) is 0 Å². The number of phenols is 1. The van der Waals surface area contributed by atoms with E-state index < -0.39 is 0 Å². The van der Waals surface area contributed by atoms with Gasteiger partial charge in [-0.2, -0.15) is 5.26 Å². The van der Waals surface area contributed by atoms with E-state index in [1.807, 2.05) is 19.1 Å². The van der Waals surface area contributed by atoms with Crippen LogP contribution in [0.4, 0.5) is 0 Å². The van der Waals surface area contributed by atoms with E-state index in [0.29, 0.717) is 5.56 Å². The molecule has 62 valence electrons. The second-order valence-electron chi connectivity index (χ2n) is 2.20. The summed E-state index contributed by atoms with van der Waals surface area (Å²) in [7, 11) is 0. The van der Waals surface area contributed by atoms with Crippen LogP contribution >= 0.6 is 11.8 Å². The second kappa shape index (κ2) is 4.03. The number of hydrogen-bond acceptors (Lipinski definition) is 3. The Bertz CT molecular complexity index is 317. The van der Waals surface area contributed by atoms with Gasteiger partial charge in [-0.25, -0.2) is 0 Å². The molecule has 1 N–H and O–H groups in total. The Hall–Kier alpha value is -1.14. The predicted octanol–water partition coefficient (Wildman–Crippen LogP) is 2.38. The van der Waals surface area contributed by atoms with Gasteiger partial charge in [0.1, 0.15) is 11.8 Å². The average Bonchev–Trinajstić information content (AvgIpc) is 2.09. The molecular weight excluding hydrogens is 170 g/mol. The van der Waals surface area contributed by atoms with Gasteiger partial charge in [0.2, 0.25) is 0 Å². The lowest BCUT2D eigenvalue weighted by Gasteiger charge is -2.02. The van der Waals surface area contributed by atoms with Gasteiger partial charge in [-0.05, 0) is 17.9 Å². The zero-order chi connectivity index (χ0) is 8.97. The van der Waals surface area contributed by atoms with Gasteiger partial charge in [-0.15, -0.1) is 11.8 Å². The first-order valence-electron chi connectivity index (χ1n) is 3.64. The molecule has 0 heterocycles. The van der Waals surface area contributed by atoms with Gasteiger partial charge in [-0.3, -0.25) is 0 Å². The minimum atomic E-state index is 0.104. The number of hydrogen-bond donors (Lipinski definition) is 1. The zero-order valence-electron chi connectivity index (χ0n) is 6.74. The Morgan fingerprint density at radius 2 is 2.33 bits per heavy atom. The maximum atomic E-state index is 9.48. The SMILES string of the molecule is CCSc1cccc(C#N)c1O. The van der Waals surface area contributed by atoms with Crippen molar-refractivity contribution in [1.29, 1.82) is 5.26 Å². The molecule has 12 heavy (non-hydrogen) atoms. The summed E-state index contributed by atoms with van der Waals surface area (Å²) < 4.78 is 0. The highest BCUT2D eigenvalue weighted by molar-refractivity contribution is 7.99. The van der Waals surface area contributed by atoms with Gasteiger partial charge < -0.3 is 5.11 Å². The molecule has 0 spiro atoms. The Balaban J connectivity index is 3.07. The highest BCUT2D eigenvalue weighted by Crippen LogP contribution is 2.30. The monoisotopic (exact) mass is 179 g/mol. The Kier molecular flexibility index (Phi) is 3.01. The molecule has 1 aromatic carbocycles. The number of thioether (sulfide) groups is 1. The third-order valence-electron chi connectivity index (χ3n) is 1.42. The lowest BCUT2D eigenvalue weighted by molar-refractivity contribution is 0.460. The van der Waals surface area contributed by atoms with Crippen molar-refractivity contribution in [3.8, 4) is 11.8 Å². The third kappa shape index (κ3) is 1.72. The molecule has 0 aliphatic carbocycles. The molecule has 1 rings (SSSR count). The van der Waals surface area contributed by atoms with Crippen molar-refractivity contribution in [2.24, 2.45) is 0 Å². The number of rotatable bonds is 2. The molecular formula is C9H9NOS. The summed E-state index contributed by atoms with van der Waals surface area (Å²) in [6, 6.07) is 7.12. The molecule has 0 bridgehead atoms. The van der Waals surface area contributed by atoms with Crippen LogP contribution in [0.1, 0.15) is 12.5 Å². The fraction of sp³-hybridized carbons (Fsp3) is 0.222. The van der Waals surface area contributed by atoms with Gasteiger partial charge in [-0.1, -0.05) is 13.0 Å². The lowest BCUT2D eigenvalue weighted by atomic mass is 10.2. The number of nitrogens with zero attached hydrogens (tertiary/aromatic N) is 1. The summed E-state index contributed by atoms with van der Waals surface area (Å²) in [5.74, 6) is 0.995. The van der Waals surface area contributed by atoms with E-state index in [0.717, 1.165) is 10.6 Å². The molecule has 0 saturated heterocycles. The fourth-order valence-corrected chi connectivity index (χ4v) is 1.62. The van der Waals surface area contributed by atoms with Crippen molar-refractivity contribution in [3.05, 3.63) is 23.8 Å². The van der Waals surface area contributed by atoms with E-state index in [4.69, 9.17) is 5.26 Å². The lowest BCUT2D eigenvalue weighted by Crippen LogP contribution is -1.80. The zero-order valence-corrected chi connectivity index (χ0v) is 7.56. The first kappa shape index (κ1) is 8.95. The van der Waals surface area contributed by atoms with Gasteiger partial charge in [0, 0.05) is 0 Å². The van der Waals surface area contributed by atoms with Crippen molar-refractivity contribution in [2.75, 3.05) is 5.75 Å². The third-order valence-corrected chi connectivity index (χ3v) is 2.35. The van der Waals surface area contributed by atoms with Crippen LogP contribution in [0.2, 0.25) is 0 Å². The molecule has 0 unspecified atom stereocenters. The van der Waals surface area contributed by atoms with Crippen LogP contribution in [-0.2, 0) is 0 Å². The highest BCUT2D eigenvalue weighted by atomic mass is 32.2. The molecule has 3 heteroatoms. The standard InChI is InChI=1S/C9H9NOS/c1-2-12-8-5-3-4-7(6-10)9(8)11/h3-5,11H,2H2,1H3. The molecule has 0 saturated carbocycles. The molecule has 0 atom stereocenters. The predicted molar refractivity (Wildman–Crippen MR) is 49.2 cm³/mol. The van der Waals surface area contributed by atoms with Crippen LogP contribution in [0.5, 0.6) is 5.75 Å². The van der Waals surface area contributed by atoms with Gasteiger partial charge in [0.05, 0.1) is 10.5 Å². The summed E-state index contributed by atoms with van der Waals surface area (Å²) >= 11 is 1.53. The number of aromatic hydroxyl groups is 1. The Morgan fingerprint density at radius 1 is 1.58 bits per heavy atom.